The van der Waals surface area contributed by atoms with Crippen molar-refractivity contribution in [2.45, 2.75) is 6.42 Å². The summed E-state index contributed by atoms with van der Waals surface area (Å²) in [5.41, 5.74) is 0.411. The van der Waals surface area contributed by atoms with E-state index in [0.29, 0.717) is 5.56 Å². The molecule has 0 aliphatic carbocycles. The van der Waals surface area contributed by atoms with Crippen LogP contribution in [0.4, 0.5) is 11.4 Å². The van der Waals surface area contributed by atoms with Crippen molar-refractivity contribution >= 4 is 23.3 Å². The molecular formula is C15H12N2O6. The van der Waals surface area contributed by atoms with Crippen molar-refractivity contribution in [1.82, 2.24) is 0 Å². The number of phenols is 1. The number of carboxylic acids is 1. The van der Waals surface area contributed by atoms with Gasteiger partial charge in [0.1, 0.15) is 11.3 Å². The Balaban J connectivity index is 2.06. The fraction of sp³-hybridized carbons (Fsp3) is 0.0667. The first-order chi connectivity index (χ1) is 10.9. The quantitative estimate of drug-likeness (QED) is 0.440. The van der Waals surface area contributed by atoms with Crippen LogP contribution in [-0.2, 0) is 11.2 Å². The van der Waals surface area contributed by atoms with E-state index in [1.54, 1.807) is 0 Å². The molecule has 0 spiro atoms. The van der Waals surface area contributed by atoms with Crippen LogP contribution in [-0.4, -0.2) is 27.0 Å². The van der Waals surface area contributed by atoms with E-state index in [1.165, 1.54) is 36.4 Å². The molecule has 1 amide bonds. The number of aromatic carboxylic acids is 1. The number of benzene rings is 2. The third kappa shape index (κ3) is 4.03. The number of rotatable bonds is 5. The zero-order chi connectivity index (χ0) is 17.0. The number of hydrogen-bond donors (Lipinski definition) is 3. The molecule has 0 saturated heterocycles. The van der Waals surface area contributed by atoms with Gasteiger partial charge in [-0.05, 0) is 23.8 Å². The lowest BCUT2D eigenvalue weighted by atomic mass is 10.1. The summed E-state index contributed by atoms with van der Waals surface area (Å²) in [4.78, 5) is 32.8. The minimum atomic E-state index is -1.31. The van der Waals surface area contributed by atoms with Crippen LogP contribution in [0, 0.1) is 10.1 Å². The van der Waals surface area contributed by atoms with E-state index >= 15 is 0 Å². The summed E-state index contributed by atoms with van der Waals surface area (Å²) in [5, 5.41) is 31.4. The van der Waals surface area contributed by atoms with Crippen molar-refractivity contribution in [1.29, 1.82) is 0 Å². The second kappa shape index (κ2) is 6.56. The van der Waals surface area contributed by atoms with E-state index in [-0.39, 0.29) is 23.4 Å². The average molecular weight is 316 g/mol. The Labute approximate surface area is 130 Å². The van der Waals surface area contributed by atoms with E-state index in [4.69, 9.17) is 5.11 Å². The third-order valence-corrected chi connectivity index (χ3v) is 3.02. The number of non-ortho nitro benzene ring substituents is 1. The summed E-state index contributed by atoms with van der Waals surface area (Å²) < 4.78 is 0. The Bertz CT molecular complexity index is 770. The van der Waals surface area contributed by atoms with Gasteiger partial charge in [0.25, 0.3) is 5.69 Å². The number of carbonyl (C=O) groups excluding carboxylic acids is 1. The number of nitro benzene ring substituents is 1. The summed E-state index contributed by atoms with van der Waals surface area (Å²) in [6.45, 7) is 0. The molecule has 0 radical (unpaired) electrons. The summed E-state index contributed by atoms with van der Waals surface area (Å²) >= 11 is 0. The van der Waals surface area contributed by atoms with Gasteiger partial charge in [-0.3, -0.25) is 14.9 Å². The van der Waals surface area contributed by atoms with Gasteiger partial charge in [-0.1, -0.05) is 12.1 Å². The van der Waals surface area contributed by atoms with Crippen molar-refractivity contribution in [2.75, 3.05) is 5.32 Å². The van der Waals surface area contributed by atoms with Crippen molar-refractivity contribution in [3.05, 3.63) is 63.7 Å². The molecule has 0 fully saturated rings. The van der Waals surface area contributed by atoms with Gasteiger partial charge in [0.15, 0.2) is 0 Å². The Hall–Kier alpha value is -3.42. The number of nitrogens with one attached hydrogen (secondary N) is 1. The molecule has 0 saturated carbocycles. The van der Waals surface area contributed by atoms with Crippen molar-refractivity contribution in [3.63, 3.8) is 0 Å². The fourth-order valence-corrected chi connectivity index (χ4v) is 1.91. The highest BCUT2D eigenvalue weighted by Crippen LogP contribution is 2.21. The van der Waals surface area contributed by atoms with Crippen LogP contribution in [0.15, 0.2) is 42.5 Å². The highest BCUT2D eigenvalue weighted by atomic mass is 16.6. The molecule has 0 bridgehead atoms. The Morgan fingerprint density at radius 3 is 2.35 bits per heavy atom. The van der Waals surface area contributed by atoms with Crippen molar-refractivity contribution in [3.8, 4) is 5.75 Å². The summed E-state index contributed by atoms with van der Waals surface area (Å²) in [6.07, 6.45) is -0.0265. The molecule has 0 aliphatic rings. The normalized spacial score (nSPS) is 10.1. The van der Waals surface area contributed by atoms with Crippen LogP contribution in [0.2, 0.25) is 0 Å². The first kappa shape index (κ1) is 16.0. The molecule has 0 heterocycles. The summed E-state index contributed by atoms with van der Waals surface area (Å²) in [5.74, 6) is -2.12. The standard InChI is InChI=1S/C15H12N2O6/c18-13-6-3-10(8-12(13)15(20)21)16-14(19)7-9-1-4-11(5-2-9)17(22)23/h1-6,8,18H,7H2,(H,16,19)(H,20,21). The molecule has 8 heteroatoms. The molecule has 2 aromatic carbocycles. The number of hydrogen-bond acceptors (Lipinski definition) is 5. The molecule has 8 nitrogen and oxygen atoms in total. The molecule has 3 N–H and O–H groups in total. The number of aromatic hydroxyl groups is 1. The zero-order valence-electron chi connectivity index (χ0n) is 11.7. The average Bonchev–Trinajstić information content (AvgIpc) is 2.49. The minimum absolute atomic E-state index is 0.0265. The minimum Gasteiger partial charge on any atom is -0.507 e. The number of carbonyl (C=O) groups is 2. The smallest absolute Gasteiger partial charge is 0.339 e. The Morgan fingerprint density at radius 2 is 1.78 bits per heavy atom. The topological polar surface area (TPSA) is 130 Å². The molecule has 0 unspecified atom stereocenters. The first-order valence-corrected chi connectivity index (χ1v) is 6.46. The van der Waals surface area contributed by atoms with Crippen LogP contribution in [0.5, 0.6) is 5.75 Å². The van der Waals surface area contributed by atoms with E-state index in [0.717, 1.165) is 6.07 Å². The summed E-state index contributed by atoms with van der Waals surface area (Å²) in [7, 11) is 0. The Morgan fingerprint density at radius 1 is 1.13 bits per heavy atom. The van der Waals surface area contributed by atoms with E-state index < -0.39 is 22.5 Å². The fourth-order valence-electron chi connectivity index (χ4n) is 1.91. The highest BCUT2D eigenvalue weighted by molar-refractivity contribution is 5.96. The molecule has 2 rings (SSSR count). The zero-order valence-corrected chi connectivity index (χ0v) is 11.7. The van der Waals surface area contributed by atoms with Gasteiger partial charge in [-0.15, -0.1) is 0 Å². The first-order valence-electron chi connectivity index (χ1n) is 6.46. The molecule has 0 aromatic heterocycles. The van der Waals surface area contributed by atoms with Gasteiger partial charge in [-0.25, -0.2) is 4.79 Å². The maximum atomic E-state index is 11.9. The SMILES string of the molecule is O=C(Cc1ccc([N+](=O)[O-])cc1)Nc1ccc(O)c(C(=O)O)c1. The molecule has 0 atom stereocenters. The molecule has 0 aliphatic heterocycles. The Kier molecular flexibility index (Phi) is 4.55. The number of carboxylic acid groups (broad SMARTS) is 1. The van der Waals surface area contributed by atoms with Gasteiger partial charge in [0.2, 0.25) is 5.91 Å². The predicted molar refractivity (Wildman–Crippen MR) is 80.5 cm³/mol. The maximum Gasteiger partial charge on any atom is 0.339 e. The van der Waals surface area contributed by atoms with Gasteiger partial charge >= 0.3 is 5.97 Å². The molecular weight excluding hydrogens is 304 g/mol. The van der Waals surface area contributed by atoms with E-state index in [9.17, 15) is 24.8 Å². The maximum absolute atomic E-state index is 11.9. The van der Waals surface area contributed by atoms with Gasteiger partial charge in [0.05, 0.1) is 11.3 Å². The number of anilines is 1. The van der Waals surface area contributed by atoms with Gasteiger partial charge in [0, 0.05) is 17.8 Å². The lowest BCUT2D eigenvalue weighted by Gasteiger charge is -2.07. The van der Waals surface area contributed by atoms with Gasteiger partial charge < -0.3 is 15.5 Å². The van der Waals surface area contributed by atoms with E-state index in [1.807, 2.05) is 0 Å². The number of nitrogens with zero attached hydrogens (tertiary/aromatic N) is 1. The van der Waals surface area contributed by atoms with Gasteiger partial charge in [-0.2, -0.15) is 0 Å². The largest absolute Gasteiger partial charge is 0.507 e. The monoisotopic (exact) mass is 316 g/mol. The summed E-state index contributed by atoms with van der Waals surface area (Å²) in [6, 6.07) is 9.22. The second-order valence-electron chi connectivity index (χ2n) is 4.69. The van der Waals surface area contributed by atoms with Crippen LogP contribution in [0.3, 0.4) is 0 Å². The highest BCUT2D eigenvalue weighted by Gasteiger charge is 2.12. The van der Waals surface area contributed by atoms with Crippen LogP contribution >= 0.6 is 0 Å². The predicted octanol–water partition coefficient (Wildman–Crippen LogP) is 2.18. The lowest BCUT2D eigenvalue weighted by Crippen LogP contribution is -2.14. The van der Waals surface area contributed by atoms with Crippen molar-refractivity contribution < 1.29 is 24.7 Å². The molecule has 2 aromatic rings. The van der Waals surface area contributed by atoms with E-state index in [2.05, 4.69) is 5.32 Å². The second-order valence-corrected chi connectivity index (χ2v) is 4.69. The number of nitro groups is 1. The van der Waals surface area contributed by atoms with Crippen LogP contribution in [0.25, 0.3) is 0 Å². The van der Waals surface area contributed by atoms with Crippen LogP contribution in [0.1, 0.15) is 15.9 Å². The molecule has 118 valence electrons. The van der Waals surface area contributed by atoms with Crippen LogP contribution < -0.4 is 5.32 Å². The lowest BCUT2D eigenvalue weighted by molar-refractivity contribution is -0.384. The van der Waals surface area contributed by atoms with Crippen molar-refractivity contribution in [2.24, 2.45) is 0 Å². The number of amides is 1. The molecule has 23 heavy (non-hydrogen) atoms. The third-order valence-electron chi connectivity index (χ3n) is 3.02.